The summed E-state index contributed by atoms with van der Waals surface area (Å²) in [5, 5.41) is 16.2. The SMILES string of the molecule is CC(C)Oc1nc2cc(OC(C)(C)C)cc([C@@H]3CO3)c2s1.CCCCOc1ccc(CC(C)(C)NC[C@H](O)c2cc(OC(C)(C)C)cc3nc(OC(C)C)sc23)cc1. The van der Waals surface area contributed by atoms with E-state index in [4.69, 9.17) is 28.4 Å². The van der Waals surface area contributed by atoms with Crippen LogP contribution in [-0.2, 0) is 11.2 Å². The third-order valence-corrected chi connectivity index (χ3v) is 10.6. The molecule has 0 aliphatic carbocycles. The molecule has 1 aliphatic rings. The Hall–Kier alpha value is -3.68. The van der Waals surface area contributed by atoms with Gasteiger partial charge >= 0.3 is 0 Å². The van der Waals surface area contributed by atoms with E-state index in [0.29, 0.717) is 22.7 Å². The van der Waals surface area contributed by atoms with E-state index in [9.17, 15) is 5.11 Å². The van der Waals surface area contributed by atoms with Gasteiger partial charge in [-0.05, 0) is 126 Å². The van der Waals surface area contributed by atoms with Crippen molar-refractivity contribution in [2.75, 3.05) is 19.8 Å². The predicted octanol–water partition coefficient (Wildman–Crippen LogP) is 11.4. The van der Waals surface area contributed by atoms with Crippen LogP contribution in [0, 0.1) is 0 Å². The van der Waals surface area contributed by atoms with Gasteiger partial charge in [-0.25, -0.2) is 9.97 Å². The molecule has 0 saturated carbocycles. The van der Waals surface area contributed by atoms with Crippen LogP contribution in [0.25, 0.3) is 20.4 Å². The van der Waals surface area contributed by atoms with Gasteiger partial charge in [0.25, 0.3) is 10.4 Å². The Morgan fingerprint density at radius 1 is 0.776 bits per heavy atom. The molecule has 1 aliphatic heterocycles. The lowest BCUT2D eigenvalue weighted by Crippen LogP contribution is -2.43. The van der Waals surface area contributed by atoms with Gasteiger partial charge in [0.15, 0.2) is 0 Å². The number of nitrogens with one attached hydrogen (secondary N) is 1. The van der Waals surface area contributed by atoms with Crippen LogP contribution in [0.4, 0.5) is 0 Å². The number of rotatable bonds is 17. The quantitative estimate of drug-likeness (QED) is 0.0692. The number of unbranched alkanes of at least 4 members (excludes halogenated alkanes) is 1. The van der Waals surface area contributed by atoms with Gasteiger partial charge in [-0.2, -0.15) is 0 Å². The van der Waals surface area contributed by atoms with Crippen molar-refractivity contribution in [3.05, 3.63) is 65.2 Å². The number of aliphatic hydroxyl groups is 1. The number of aromatic nitrogens is 2. The highest BCUT2D eigenvalue weighted by Crippen LogP contribution is 2.43. The summed E-state index contributed by atoms with van der Waals surface area (Å²) in [6.07, 6.45) is 2.60. The minimum atomic E-state index is -0.730. The van der Waals surface area contributed by atoms with Crippen LogP contribution in [0.15, 0.2) is 48.5 Å². The first kappa shape index (κ1) is 45.4. The molecule has 1 saturated heterocycles. The monoisotopic (exact) mass is 835 g/mol. The number of aliphatic hydroxyl groups excluding tert-OH is 1. The first-order chi connectivity index (χ1) is 27.2. The van der Waals surface area contributed by atoms with E-state index in [-0.39, 0.29) is 35.1 Å². The fourth-order valence-corrected chi connectivity index (χ4v) is 8.32. The normalized spacial score (nSPS) is 15.1. The standard InChI is InChI=1S/C30H44N2O4S.C16H21NO3S/c1-9-10-15-34-22-13-11-21(12-14-22)18-30(7,8)31-19-26(33)24-16-23(36-29(4,5)6)17-25-27(24)37-28(32-25)35-20(2)3;1-9(2)19-15-17-12-7-10(20-16(3,4)5)6-11(13-8-18-13)14(12)21-15/h11-14,16-17,20,26,31,33H,9-10,15,18-19H2,1-8H3;6-7,9,13H,8H2,1-5H3/t26-;13-/m00/s1. The Morgan fingerprint density at radius 3 is 1.83 bits per heavy atom. The zero-order chi connectivity index (χ0) is 42.4. The van der Waals surface area contributed by atoms with E-state index in [1.54, 1.807) is 11.3 Å². The van der Waals surface area contributed by atoms with E-state index < -0.39 is 6.10 Å². The maximum absolute atomic E-state index is 11.3. The van der Waals surface area contributed by atoms with Crippen LogP contribution in [0.1, 0.15) is 132 Å². The molecule has 2 N–H and O–H groups in total. The van der Waals surface area contributed by atoms with Crippen LogP contribution >= 0.6 is 22.7 Å². The summed E-state index contributed by atoms with van der Waals surface area (Å²) in [5.74, 6) is 2.43. The molecule has 58 heavy (non-hydrogen) atoms. The molecule has 0 unspecified atom stereocenters. The smallest absolute Gasteiger partial charge is 0.274 e. The summed E-state index contributed by atoms with van der Waals surface area (Å²) in [5.41, 5.74) is 4.05. The topological polar surface area (TPSA) is 117 Å². The van der Waals surface area contributed by atoms with Gasteiger partial charge in [0.1, 0.15) is 34.6 Å². The number of hydrogen-bond donors (Lipinski definition) is 2. The Balaban J connectivity index is 0.000000256. The lowest BCUT2D eigenvalue weighted by molar-refractivity contribution is 0.129. The summed E-state index contributed by atoms with van der Waals surface area (Å²) < 4.78 is 37.0. The molecule has 3 heterocycles. The number of benzene rings is 3. The van der Waals surface area contributed by atoms with Gasteiger partial charge in [0.2, 0.25) is 0 Å². The number of thiazole rings is 2. The molecule has 2 aromatic heterocycles. The first-order valence-corrected chi connectivity index (χ1v) is 22.2. The molecular weight excluding hydrogens is 771 g/mol. The van der Waals surface area contributed by atoms with E-state index in [1.807, 2.05) is 99.6 Å². The maximum atomic E-state index is 11.3. The van der Waals surface area contributed by atoms with Gasteiger partial charge in [-0.3, -0.25) is 0 Å². The minimum Gasteiger partial charge on any atom is -0.494 e. The third kappa shape index (κ3) is 14.0. The fraction of sp³-hybridized carbons (Fsp3) is 0.565. The Morgan fingerprint density at radius 2 is 1.31 bits per heavy atom. The molecule has 2 atom stereocenters. The van der Waals surface area contributed by atoms with Crippen LogP contribution in [0.2, 0.25) is 0 Å². The van der Waals surface area contributed by atoms with Gasteiger partial charge in [0.05, 0.1) is 52.0 Å². The number of ether oxygens (including phenoxy) is 6. The van der Waals surface area contributed by atoms with Crippen molar-refractivity contribution < 1.29 is 33.5 Å². The molecule has 6 rings (SSSR count). The third-order valence-electron chi connectivity index (χ3n) is 8.62. The van der Waals surface area contributed by atoms with Crippen molar-refractivity contribution in [2.24, 2.45) is 0 Å². The second kappa shape index (κ2) is 19.1. The van der Waals surface area contributed by atoms with E-state index >= 15 is 0 Å². The lowest BCUT2D eigenvalue weighted by Gasteiger charge is -2.28. The van der Waals surface area contributed by atoms with E-state index in [2.05, 4.69) is 54.3 Å². The van der Waals surface area contributed by atoms with Crippen LogP contribution in [0.5, 0.6) is 27.6 Å². The van der Waals surface area contributed by atoms with E-state index in [1.165, 1.54) is 16.9 Å². The van der Waals surface area contributed by atoms with Crippen molar-refractivity contribution in [3.63, 3.8) is 0 Å². The van der Waals surface area contributed by atoms with Crippen molar-refractivity contribution in [3.8, 4) is 27.6 Å². The van der Waals surface area contributed by atoms with Gasteiger partial charge in [0, 0.05) is 35.3 Å². The second-order valence-corrected chi connectivity index (χ2v) is 20.0. The lowest BCUT2D eigenvalue weighted by atomic mass is 9.94. The highest BCUT2D eigenvalue weighted by atomic mass is 32.1. The average Bonchev–Trinajstić information content (AvgIpc) is 3.75. The van der Waals surface area contributed by atoms with Gasteiger partial charge < -0.3 is 38.8 Å². The zero-order valence-corrected chi connectivity index (χ0v) is 38.4. The number of fused-ring (bicyclic) bond motifs is 2. The first-order valence-electron chi connectivity index (χ1n) is 20.5. The molecule has 0 spiro atoms. The molecule has 0 radical (unpaired) electrons. The summed E-state index contributed by atoms with van der Waals surface area (Å²) in [6.45, 7) is 28.5. The summed E-state index contributed by atoms with van der Waals surface area (Å²) in [7, 11) is 0. The van der Waals surface area contributed by atoms with Crippen molar-refractivity contribution in [1.82, 2.24) is 15.3 Å². The molecule has 12 heteroatoms. The second-order valence-electron chi connectivity index (χ2n) is 18.1. The maximum Gasteiger partial charge on any atom is 0.274 e. The molecule has 1 fully saturated rings. The summed E-state index contributed by atoms with van der Waals surface area (Å²) in [6, 6.07) is 16.2. The highest BCUT2D eigenvalue weighted by Gasteiger charge is 2.30. The Kier molecular flexibility index (Phi) is 15.0. The highest BCUT2D eigenvalue weighted by molar-refractivity contribution is 7.20. The van der Waals surface area contributed by atoms with Crippen molar-refractivity contribution >= 4 is 43.1 Å². The number of β-amino-alcohol motifs (C(OH)–C–C–N with tert-alkyl or cyclic N) is 1. The molecule has 0 bridgehead atoms. The Bertz CT molecular complexity index is 2070. The average molecular weight is 836 g/mol. The fourth-order valence-electron chi connectivity index (χ4n) is 6.16. The van der Waals surface area contributed by atoms with Crippen LogP contribution in [0.3, 0.4) is 0 Å². The molecule has 0 amide bonds. The van der Waals surface area contributed by atoms with Crippen LogP contribution in [-0.4, -0.2) is 63.8 Å². The van der Waals surface area contributed by atoms with Gasteiger partial charge in [-0.15, -0.1) is 0 Å². The number of epoxide rings is 1. The number of nitrogens with zero attached hydrogens (tertiary/aromatic N) is 2. The molecule has 5 aromatic rings. The van der Waals surface area contributed by atoms with Crippen LogP contribution < -0.4 is 29.0 Å². The summed E-state index contributed by atoms with van der Waals surface area (Å²) >= 11 is 3.04. The largest absolute Gasteiger partial charge is 0.494 e. The zero-order valence-electron chi connectivity index (χ0n) is 36.8. The summed E-state index contributed by atoms with van der Waals surface area (Å²) in [4.78, 5) is 9.23. The predicted molar refractivity (Wildman–Crippen MR) is 238 cm³/mol. The minimum absolute atomic E-state index is 0.0265. The molecule has 3 aromatic carbocycles. The molecule has 318 valence electrons. The van der Waals surface area contributed by atoms with Crippen molar-refractivity contribution in [1.29, 1.82) is 0 Å². The Labute approximate surface area is 353 Å². The van der Waals surface area contributed by atoms with Crippen molar-refractivity contribution in [2.45, 2.75) is 150 Å². The number of hydrogen-bond acceptors (Lipinski definition) is 12. The van der Waals surface area contributed by atoms with Gasteiger partial charge in [-0.1, -0.05) is 48.2 Å². The molecule has 10 nitrogen and oxygen atoms in total. The van der Waals surface area contributed by atoms with E-state index in [0.717, 1.165) is 75.5 Å². The molecular formula is C46H65N3O7S2.